The molecule has 0 radical (unpaired) electrons. The molecule has 0 bridgehead atoms. The predicted molar refractivity (Wildman–Crippen MR) is 101 cm³/mol. The zero-order valence-corrected chi connectivity index (χ0v) is 15.9. The molecule has 0 saturated heterocycles. The van der Waals surface area contributed by atoms with E-state index in [1.807, 2.05) is 6.92 Å². The van der Waals surface area contributed by atoms with Gasteiger partial charge < -0.3 is 0 Å². The van der Waals surface area contributed by atoms with Gasteiger partial charge in [0.05, 0.1) is 4.90 Å². The minimum absolute atomic E-state index is 0.0814. The highest BCUT2D eigenvalue weighted by Crippen LogP contribution is 2.11. The number of sulfonamides is 1. The van der Waals surface area contributed by atoms with Crippen LogP contribution < -0.4 is 10.1 Å². The molecule has 0 aliphatic carbocycles. The summed E-state index contributed by atoms with van der Waals surface area (Å²) in [4.78, 5) is 12.2. The first-order valence-corrected chi connectivity index (χ1v) is 9.40. The molecule has 25 heavy (non-hydrogen) atoms. The fraction of sp³-hybridized carbons (Fsp3) is 0.125. The lowest BCUT2D eigenvalue weighted by atomic mass is 10.2. The van der Waals surface area contributed by atoms with Gasteiger partial charge in [0, 0.05) is 17.6 Å². The molecular formula is C16H16ClN3O3S2. The molecule has 6 nitrogen and oxygen atoms in total. The molecule has 2 aromatic carbocycles. The van der Waals surface area contributed by atoms with E-state index in [1.54, 1.807) is 36.4 Å². The number of carbonyl (C=O) groups is 1. The van der Waals surface area contributed by atoms with Crippen molar-refractivity contribution in [2.24, 2.45) is 0 Å². The van der Waals surface area contributed by atoms with E-state index in [0.717, 1.165) is 10.6 Å². The highest BCUT2D eigenvalue weighted by atomic mass is 35.5. The average Bonchev–Trinajstić information content (AvgIpc) is 2.55. The Balaban J connectivity index is 2.03. The van der Waals surface area contributed by atoms with Crippen molar-refractivity contribution in [1.82, 2.24) is 15.2 Å². The topological polar surface area (TPSA) is 78.5 Å². The van der Waals surface area contributed by atoms with E-state index in [4.69, 9.17) is 23.8 Å². The lowest BCUT2D eigenvalue weighted by Crippen LogP contribution is -2.49. The highest BCUT2D eigenvalue weighted by Gasteiger charge is 2.18. The predicted octanol–water partition coefficient (Wildman–Crippen LogP) is 2.49. The van der Waals surface area contributed by atoms with Crippen molar-refractivity contribution < 1.29 is 13.2 Å². The molecule has 1 amide bonds. The smallest absolute Gasteiger partial charge is 0.267 e. The van der Waals surface area contributed by atoms with Crippen LogP contribution in [-0.4, -0.2) is 31.5 Å². The van der Waals surface area contributed by atoms with Crippen molar-refractivity contribution in [3.63, 3.8) is 0 Å². The van der Waals surface area contributed by atoms with Gasteiger partial charge in [-0.25, -0.2) is 8.42 Å². The number of nitrogens with one attached hydrogen (secondary N) is 2. The Labute approximate surface area is 156 Å². The van der Waals surface area contributed by atoms with Crippen LogP contribution in [0.4, 0.5) is 0 Å². The van der Waals surface area contributed by atoms with Gasteiger partial charge in [-0.05, 0) is 55.5 Å². The number of benzene rings is 2. The molecule has 2 rings (SSSR count). The van der Waals surface area contributed by atoms with Crippen molar-refractivity contribution in [3.8, 4) is 0 Å². The van der Waals surface area contributed by atoms with Gasteiger partial charge in [0.25, 0.3) is 15.9 Å². The van der Waals surface area contributed by atoms with Crippen LogP contribution in [0.15, 0.2) is 53.4 Å². The van der Waals surface area contributed by atoms with Crippen molar-refractivity contribution in [3.05, 3.63) is 64.7 Å². The SMILES string of the molecule is Cc1ccc(S(=O)(=O)NC(=S)N(C)NC(=O)c2ccc(Cl)cc2)cc1. The van der Waals surface area contributed by atoms with Crippen molar-refractivity contribution in [2.75, 3.05) is 7.05 Å². The summed E-state index contributed by atoms with van der Waals surface area (Å²) in [5.74, 6) is -0.448. The van der Waals surface area contributed by atoms with Gasteiger partial charge >= 0.3 is 0 Å². The van der Waals surface area contributed by atoms with E-state index < -0.39 is 15.9 Å². The van der Waals surface area contributed by atoms with Crippen LogP contribution >= 0.6 is 23.8 Å². The maximum Gasteiger partial charge on any atom is 0.269 e. The van der Waals surface area contributed by atoms with Gasteiger partial charge in [-0.2, -0.15) is 0 Å². The Kier molecular flexibility index (Phi) is 5.99. The van der Waals surface area contributed by atoms with Crippen LogP contribution in [0, 0.1) is 6.92 Å². The molecule has 0 spiro atoms. The normalized spacial score (nSPS) is 10.8. The molecule has 2 aromatic rings. The molecule has 2 N–H and O–H groups in total. The molecule has 0 aliphatic heterocycles. The monoisotopic (exact) mass is 397 g/mol. The number of hydrogen-bond acceptors (Lipinski definition) is 4. The molecule has 0 fully saturated rings. The van der Waals surface area contributed by atoms with Crippen LogP contribution in [-0.2, 0) is 10.0 Å². The molecule has 9 heteroatoms. The first kappa shape index (κ1) is 19.2. The summed E-state index contributed by atoms with van der Waals surface area (Å²) >= 11 is 10.8. The Bertz CT molecular complexity index is 882. The number of amides is 1. The number of thiocarbonyl (C=S) groups is 1. The van der Waals surface area contributed by atoms with Crippen LogP contribution in [0.5, 0.6) is 0 Å². The van der Waals surface area contributed by atoms with Gasteiger partial charge in [-0.3, -0.25) is 20.0 Å². The first-order valence-electron chi connectivity index (χ1n) is 7.13. The maximum absolute atomic E-state index is 12.3. The second-order valence-electron chi connectivity index (χ2n) is 5.23. The maximum atomic E-state index is 12.3. The van der Waals surface area contributed by atoms with Crippen LogP contribution in [0.1, 0.15) is 15.9 Å². The molecular weight excluding hydrogens is 382 g/mol. The lowest BCUT2D eigenvalue weighted by molar-refractivity contribution is 0.0887. The molecule has 0 aromatic heterocycles. The van der Waals surface area contributed by atoms with Gasteiger partial charge in [0.15, 0.2) is 0 Å². The fourth-order valence-corrected chi connectivity index (χ4v) is 3.31. The largest absolute Gasteiger partial charge is 0.269 e. The highest BCUT2D eigenvalue weighted by molar-refractivity contribution is 7.91. The molecule has 0 heterocycles. The summed E-state index contributed by atoms with van der Waals surface area (Å²) in [6.07, 6.45) is 0. The van der Waals surface area contributed by atoms with Gasteiger partial charge in [-0.15, -0.1) is 0 Å². The summed E-state index contributed by atoms with van der Waals surface area (Å²) in [6.45, 7) is 1.86. The third-order valence-corrected chi connectivity index (χ3v) is 5.35. The van der Waals surface area contributed by atoms with Gasteiger partial charge in [-0.1, -0.05) is 29.3 Å². The Morgan fingerprint density at radius 2 is 1.64 bits per heavy atom. The lowest BCUT2D eigenvalue weighted by Gasteiger charge is -2.21. The Hall–Kier alpha value is -2.16. The second kappa shape index (κ2) is 7.81. The number of hydrazine groups is 1. The Morgan fingerprint density at radius 3 is 2.20 bits per heavy atom. The minimum Gasteiger partial charge on any atom is -0.267 e. The van der Waals surface area contributed by atoms with E-state index in [0.29, 0.717) is 10.6 Å². The third kappa shape index (κ3) is 5.15. The van der Waals surface area contributed by atoms with E-state index in [9.17, 15) is 13.2 Å². The summed E-state index contributed by atoms with van der Waals surface area (Å²) in [5.41, 5.74) is 3.78. The third-order valence-electron chi connectivity index (χ3n) is 3.23. The molecule has 0 unspecified atom stereocenters. The summed E-state index contributed by atoms with van der Waals surface area (Å²) < 4.78 is 26.8. The molecule has 0 saturated carbocycles. The van der Waals surface area contributed by atoms with E-state index in [1.165, 1.54) is 19.2 Å². The first-order chi connectivity index (χ1) is 11.7. The van der Waals surface area contributed by atoms with Crippen LogP contribution in [0.25, 0.3) is 0 Å². The zero-order chi connectivity index (χ0) is 18.6. The standard InChI is InChI=1S/C16H16ClN3O3S2/c1-11-3-9-14(10-4-11)25(22,23)19-16(24)20(2)18-15(21)12-5-7-13(17)8-6-12/h3-10H,1-2H3,(H,18,21)(H,19,24). The van der Waals surface area contributed by atoms with Gasteiger partial charge in [0.1, 0.15) is 0 Å². The van der Waals surface area contributed by atoms with E-state index in [2.05, 4.69) is 10.1 Å². The molecule has 0 atom stereocenters. The van der Waals surface area contributed by atoms with Crippen molar-refractivity contribution >= 4 is 44.9 Å². The zero-order valence-electron chi connectivity index (χ0n) is 13.5. The van der Waals surface area contributed by atoms with Crippen molar-refractivity contribution in [2.45, 2.75) is 11.8 Å². The molecule has 132 valence electrons. The summed E-state index contributed by atoms with van der Waals surface area (Å²) in [7, 11) is -2.39. The van der Waals surface area contributed by atoms with Crippen molar-refractivity contribution in [1.29, 1.82) is 0 Å². The summed E-state index contributed by atoms with van der Waals surface area (Å²) in [6, 6.07) is 12.6. The molecule has 0 aliphatic rings. The van der Waals surface area contributed by atoms with E-state index in [-0.39, 0.29) is 10.0 Å². The average molecular weight is 398 g/mol. The fourth-order valence-electron chi connectivity index (χ4n) is 1.83. The summed E-state index contributed by atoms with van der Waals surface area (Å²) in [5, 5.41) is 1.46. The number of halogens is 1. The number of nitrogens with zero attached hydrogens (tertiary/aromatic N) is 1. The number of carbonyl (C=O) groups excluding carboxylic acids is 1. The number of hydrogen-bond donors (Lipinski definition) is 2. The van der Waals surface area contributed by atoms with Crippen LogP contribution in [0.2, 0.25) is 5.02 Å². The number of aryl methyl sites for hydroxylation is 1. The Morgan fingerprint density at radius 1 is 1.08 bits per heavy atom. The number of rotatable bonds is 3. The van der Waals surface area contributed by atoms with E-state index >= 15 is 0 Å². The van der Waals surface area contributed by atoms with Crippen LogP contribution in [0.3, 0.4) is 0 Å². The second-order valence-corrected chi connectivity index (χ2v) is 7.74. The quantitative estimate of drug-likeness (QED) is 0.614. The minimum atomic E-state index is -3.83. The van der Waals surface area contributed by atoms with Gasteiger partial charge in [0.2, 0.25) is 5.11 Å².